The first-order chi connectivity index (χ1) is 7.22. The second-order valence-corrected chi connectivity index (χ2v) is 4.15. The highest BCUT2D eigenvalue weighted by molar-refractivity contribution is 9.10. The quantitative estimate of drug-likeness (QED) is 0.908. The van der Waals surface area contributed by atoms with Crippen molar-refractivity contribution in [2.24, 2.45) is 0 Å². The number of nitrogens with two attached hydrogens (primary N) is 1. The molecule has 0 amide bonds. The van der Waals surface area contributed by atoms with Crippen LogP contribution in [0.5, 0.6) is 0 Å². The van der Waals surface area contributed by atoms with Crippen molar-refractivity contribution in [1.82, 2.24) is 5.16 Å². The Morgan fingerprint density at radius 1 is 1.47 bits per heavy atom. The number of hydrogen-bond donors (Lipinski definition) is 1. The molecule has 1 heterocycles. The number of rotatable bonds is 2. The van der Waals surface area contributed by atoms with Crippen LogP contribution in [-0.4, -0.2) is 5.16 Å². The summed E-state index contributed by atoms with van der Waals surface area (Å²) in [5.74, 6) is 0.410. The van der Waals surface area contributed by atoms with Crippen LogP contribution in [0.4, 0.5) is 5.88 Å². The van der Waals surface area contributed by atoms with Crippen LogP contribution in [-0.2, 0) is 6.42 Å². The summed E-state index contributed by atoms with van der Waals surface area (Å²) >= 11 is 3.42. The van der Waals surface area contributed by atoms with E-state index in [0.29, 0.717) is 5.88 Å². The lowest BCUT2D eigenvalue weighted by atomic mass is 10.1. The molecule has 1 aromatic carbocycles. The Morgan fingerprint density at radius 2 is 2.27 bits per heavy atom. The molecule has 78 valence electrons. The van der Waals surface area contributed by atoms with Gasteiger partial charge in [-0.05, 0) is 18.6 Å². The third-order valence-corrected chi connectivity index (χ3v) is 2.76. The van der Waals surface area contributed by atoms with Crippen molar-refractivity contribution >= 4 is 21.8 Å². The molecule has 0 spiro atoms. The summed E-state index contributed by atoms with van der Waals surface area (Å²) in [6.07, 6.45) is 0.817. The number of benzene rings is 1. The van der Waals surface area contributed by atoms with Gasteiger partial charge in [-0.25, -0.2) is 0 Å². The van der Waals surface area contributed by atoms with Gasteiger partial charge >= 0.3 is 0 Å². The van der Waals surface area contributed by atoms with Gasteiger partial charge in [0.05, 0.1) is 0 Å². The Kier molecular flexibility index (Phi) is 2.77. The number of aromatic nitrogens is 1. The molecule has 0 bridgehead atoms. The molecule has 2 aromatic rings. The predicted octanol–water partition coefficient (Wildman–Crippen LogP) is 3.25. The summed E-state index contributed by atoms with van der Waals surface area (Å²) in [5.41, 5.74) is 8.50. The molecular weight excluding hydrogens is 256 g/mol. The average Bonchev–Trinajstić information content (AvgIpc) is 2.59. The summed E-state index contributed by atoms with van der Waals surface area (Å²) in [4.78, 5) is 0. The molecule has 0 aliphatic heterocycles. The summed E-state index contributed by atoms with van der Waals surface area (Å²) in [6, 6.07) is 7.92. The number of hydrogen-bond acceptors (Lipinski definition) is 3. The van der Waals surface area contributed by atoms with Crippen LogP contribution in [0.3, 0.4) is 0 Å². The molecule has 0 saturated carbocycles. The van der Waals surface area contributed by atoms with Crippen molar-refractivity contribution in [3.05, 3.63) is 34.3 Å². The van der Waals surface area contributed by atoms with E-state index in [1.54, 1.807) is 0 Å². The Labute approximate surface area is 96.4 Å². The van der Waals surface area contributed by atoms with Gasteiger partial charge < -0.3 is 10.3 Å². The first-order valence-corrected chi connectivity index (χ1v) is 5.51. The highest BCUT2D eigenvalue weighted by Gasteiger charge is 2.13. The van der Waals surface area contributed by atoms with Gasteiger partial charge in [0.1, 0.15) is 5.69 Å². The van der Waals surface area contributed by atoms with Gasteiger partial charge in [-0.3, -0.25) is 0 Å². The fourth-order valence-corrected chi connectivity index (χ4v) is 1.93. The lowest BCUT2D eigenvalue weighted by molar-refractivity contribution is 0.438. The monoisotopic (exact) mass is 266 g/mol. The molecular formula is C11H11BrN2O. The normalized spacial score (nSPS) is 10.5. The van der Waals surface area contributed by atoms with Gasteiger partial charge in [0.15, 0.2) is 0 Å². The summed E-state index contributed by atoms with van der Waals surface area (Å²) in [6.45, 7) is 2.03. The minimum atomic E-state index is 0.410. The maximum absolute atomic E-state index is 5.69. The fraction of sp³-hybridized carbons (Fsp3) is 0.182. The van der Waals surface area contributed by atoms with Crippen LogP contribution in [0, 0.1) is 0 Å². The minimum Gasteiger partial charge on any atom is -0.367 e. The highest BCUT2D eigenvalue weighted by atomic mass is 79.9. The van der Waals surface area contributed by atoms with E-state index in [4.69, 9.17) is 10.3 Å². The van der Waals surface area contributed by atoms with Crippen molar-refractivity contribution in [1.29, 1.82) is 0 Å². The van der Waals surface area contributed by atoms with Crippen molar-refractivity contribution in [2.75, 3.05) is 5.73 Å². The molecule has 0 aliphatic rings. The molecule has 0 unspecified atom stereocenters. The van der Waals surface area contributed by atoms with E-state index >= 15 is 0 Å². The van der Waals surface area contributed by atoms with Crippen LogP contribution >= 0.6 is 15.9 Å². The predicted molar refractivity (Wildman–Crippen MR) is 63.4 cm³/mol. The lowest BCUT2D eigenvalue weighted by Crippen LogP contribution is -1.89. The van der Waals surface area contributed by atoms with Crippen LogP contribution < -0.4 is 5.73 Å². The van der Waals surface area contributed by atoms with Crippen LogP contribution in [0.15, 0.2) is 33.3 Å². The Balaban J connectivity index is 2.54. The van der Waals surface area contributed by atoms with Crippen LogP contribution in [0.1, 0.15) is 12.5 Å². The Bertz CT molecular complexity index is 479. The van der Waals surface area contributed by atoms with Gasteiger partial charge in [-0.2, -0.15) is 0 Å². The van der Waals surface area contributed by atoms with E-state index in [-0.39, 0.29) is 0 Å². The van der Waals surface area contributed by atoms with E-state index in [9.17, 15) is 0 Å². The third-order valence-electron chi connectivity index (χ3n) is 2.27. The highest BCUT2D eigenvalue weighted by Crippen LogP contribution is 2.28. The molecule has 0 radical (unpaired) electrons. The molecule has 2 rings (SSSR count). The summed E-state index contributed by atoms with van der Waals surface area (Å²) < 4.78 is 6.01. The summed E-state index contributed by atoms with van der Waals surface area (Å²) in [5, 5.41) is 3.98. The third kappa shape index (κ3) is 1.90. The molecule has 0 aliphatic carbocycles. The van der Waals surface area contributed by atoms with Gasteiger partial charge in [0.2, 0.25) is 5.88 Å². The zero-order valence-corrected chi connectivity index (χ0v) is 9.91. The molecule has 15 heavy (non-hydrogen) atoms. The summed E-state index contributed by atoms with van der Waals surface area (Å²) in [7, 11) is 0. The molecule has 0 fully saturated rings. The minimum absolute atomic E-state index is 0.410. The average molecular weight is 267 g/mol. The zero-order valence-electron chi connectivity index (χ0n) is 8.33. The van der Waals surface area contributed by atoms with Crippen molar-refractivity contribution in [3.8, 4) is 11.3 Å². The second-order valence-electron chi connectivity index (χ2n) is 3.24. The smallest absolute Gasteiger partial charge is 0.225 e. The molecule has 1 aromatic heterocycles. The van der Waals surface area contributed by atoms with Crippen LogP contribution in [0.2, 0.25) is 0 Å². The topological polar surface area (TPSA) is 52.0 Å². The largest absolute Gasteiger partial charge is 0.367 e. The number of anilines is 1. The SMILES string of the molecule is CCc1c(-c2cccc(Br)c2)noc1N. The maximum Gasteiger partial charge on any atom is 0.225 e. The number of nitrogen functional groups attached to an aromatic ring is 1. The van der Waals surface area contributed by atoms with Crippen LogP contribution in [0.25, 0.3) is 11.3 Å². The zero-order chi connectivity index (χ0) is 10.8. The van der Waals surface area contributed by atoms with Crippen molar-refractivity contribution < 1.29 is 4.52 Å². The lowest BCUT2D eigenvalue weighted by Gasteiger charge is -1.99. The second kappa shape index (κ2) is 4.06. The van der Waals surface area contributed by atoms with E-state index in [2.05, 4.69) is 21.1 Å². The van der Waals surface area contributed by atoms with E-state index in [1.165, 1.54) is 0 Å². The molecule has 2 N–H and O–H groups in total. The van der Waals surface area contributed by atoms with Gasteiger partial charge in [0.25, 0.3) is 0 Å². The Morgan fingerprint density at radius 3 is 2.93 bits per heavy atom. The van der Waals surface area contributed by atoms with E-state index < -0.39 is 0 Å². The van der Waals surface area contributed by atoms with E-state index in [0.717, 1.165) is 27.7 Å². The maximum atomic E-state index is 5.69. The first kappa shape index (κ1) is 10.2. The molecule has 0 atom stereocenters. The van der Waals surface area contributed by atoms with E-state index in [1.807, 2.05) is 31.2 Å². The molecule has 4 heteroatoms. The number of halogens is 1. The first-order valence-electron chi connectivity index (χ1n) is 4.72. The van der Waals surface area contributed by atoms with Gasteiger partial charge in [-0.15, -0.1) is 0 Å². The van der Waals surface area contributed by atoms with Crippen molar-refractivity contribution in [3.63, 3.8) is 0 Å². The van der Waals surface area contributed by atoms with Crippen molar-refractivity contribution in [2.45, 2.75) is 13.3 Å². The molecule has 3 nitrogen and oxygen atoms in total. The standard InChI is InChI=1S/C11H11BrN2O/c1-2-9-10(14-15-11(9)13)7-4-3-5-8(12)6-7/h3-6H,2,13H2,1H3. The fourth-order valence-electron chi connectivity index (χ4n) is 1.53. The number of nitrogens with zero attached hydrogens (tertiary/aromatic N) is 1. The van der Waals surface area contributed by atoms with Gasteiger partial charge in [0, 0.05) is 15.6 Å². The van der Waals surface area contributed by atoms with Gasteiger partial charge in [-0.1, -0.05) is 40.1 Å². The molecule has 0 saturated heterocycles. The Hall–Kier alpha value is -1.29.